The Morgan fingerprint density at radius 1 is 1.53 bits per heavy atom. The first-order chi connectivity index (χ1) is 7.27. The molecule has 0 N–H and O–H groups in total. The van der Waals surface area contributed by atoms with E-state index in [1.165, 1.54) is 18.5 Å². The van der Waals surface area contributed by atoms with Crippen LogP contribution < -0.4 is 0 Å². The second-order valence-corrected chi connectivity index (χ2v) is 4.94. The topological polar surface area (TPSA) is 16.1 Å². The standard InChI is InChI=1S/C11H14N2S2/c14-11(15)13-7-3-4-9(8-13)10-5-1-2-6-12-10/h1-2,5-6,9H,3-4,7-8H2,(H,14,15). The summed E-state index contributed by atoms with van der Waals surface area (Å²) in [4.78, 5) is 6.56. The maximum Gasteiger partial charge on any atom is 0.133 e. The summed E-state index contributed by atoms with van der Waals surface area (Å²) in [5.74, 6) is 0.505. The van der Waals surface area contributed by atoms with Crippen molar-refractivity contribution in [1.29, 1.82) is 0 Å². The van der Waals surface area contributed by atoms with E-state index in [1.54, 1.807) is 0 Å². The molecule has 4 heteroatoms. The van der Waals surface area contributed by atoms with Crippen LogP contribution in [0.5, 0.6) is 0 Å². The van der Waals surface area contributed by atoms with Crippen LogP contribution >= 0.6 is 24.8 Å². The fraction of sp³-hybridized carbons (Fsp3) is 0.455. The van der Waals surface area contributed by atoms with Gasteiger partial charge < -0.3 is 4.90 Å². The number of thiocarbonyl (C=S) groups is 1. The van der Waals surface area contributed by atoms with Gasteiger partial charge in [-0.2, -0.15) is 0 Å². The fourth-order valence-corrected chi connectivity index (χ4v) is 2.36. The molecule has 1 aliphatic rings. The maximum absolute atomic E-state index is 5.09. The fourth-order valence-electron chi connectivity index (χ4n) is 2.01. The van der Waals surface area contributed by atoms with Crippen molar-refractivity contribution >= 4 is 29.2 Å². The molecule has 2 heterocycles. The van der Waals surface area contributed by atoms with E-state index in [2.05, 4.69) is 28.6 Å². The molecule has 80 valence electrons. The first-order valence-electron chi connectivity index (χ1n) is 5.16. The number of aromatic nitrogens is 1. The van der Waals surface area contributed by atoms with Crippen LogP contribution in [0.15, 0.2) is 24.4 Å². The summed E-state index contributed by atoms with van der Waals surface area (Å²) in [5.41, 5.74) is 1.17. The highest BCUT2D eigenvalue weighted by Gasteiger charge is 2.22. The number of likely N-dealkylation sites (tertiary alicyclic amines) is 1. The molecule has 1 unspecified atom stereocenters. The minimum absolute atomic E-state index is 0.505. The van der Waals surface area contributed by atoms with Gasteiger partial charge in [-0.3, -0.25) is 4.98 Å². The second-order valence-electron chi connectivity index (χ2n) is 3.82. The van der Waals surface area contributed by atoms with Gasteiger partial charge >= 0.3 is 0 Å². The predicted molar refractivity (Wildman–Crippen MR) is 69.4 cm³/mol. The number of pyridine rings is 1. The molecule has 2 rings (SSSR count). The summed E-state index contributed by atoms with van der Waals surface area (Å²) >= 11 is 9.32. The van der Waals surface area contributed by atoms with Crippen LogP contribution in [-0.4, -0.2) is 27.3 Å². The Hall–Kier alpha value is -0.610. The molecule has 1 saturated heterocycles. The lowest BCUT2D eigenvalue weighted by molar-refractivity contribution is 0.314. The van der Waals surface area contributed by atoms with Gasteiger partial charge in [0.05, 0.1) is 0 Å². The molecule has 1 aromatic heterocycles. The van der Waals surface area contributed by atoms with Gasteiger partial charge in [-0.15, -0.1) is 12.6 Å². The molecule has 0 radical (unpaired) electrons. The summed E-state index contributed by atoms with van der Waals surface area (Å²) < 4.78 is 0.704. The minimum atomic E-state index is 0.505. The largest absolute Gasteiger partial charge is 0.357 e. The van der Waals surface area contributed by atoms with Crippen molar-refractivity contribution < 1.29 is 0 Å². The highest BCUT2D eigenvalue weighted by Crippen LogP contribution is 2.25. The Kier molecular flexibility index (Phi) is 3.59. The van der Waals surface area contributed by atoms with E-state index in [1.807, 2.05) is 18.3 Å². The van der Waals surface area contributed by atoms with E-state index in [0.717, 1.165) is 13.1 Å². The minimum Gasteiger partial charge on any atom is -0.357 e. The summed E-state index contributed by atoms with van der Waals surface area (Å²) in [6.07, 6.45) is 4.22. The maximum atomic E-state index is 5.09. The first kappa shape index (κ1) is 10.9. The van der Waals surface area contributed by atoms with Crippen molar-refractivity contribution in [2.45, 2.75) is 18.8 Å². The van der Waals surface area contributed by atoms with Crippen molar-refractivity contribution in [2.24, 2.45) is 0 Å². The second kappa shape index (κ2) is 4.94. The van der Waals surface area contributed by atoms with Crippen LogP contribution in [0.25, 0.3) is 0 Å². The van der Waals surface area contributed by atoms with Crippen LogP contribution in [0.2, 0.25) is 0 Å². The van der Waals surface area contributed by atoms with Crippen molar-refractivity contribution in [3.8, 4) is 0 Å². The molecule has 15 heavy (non-hydrogen) atoms. The average molecular weight is 238 g/mol. The van der Waals surface area contributed by atoms with Gasteiger partial charge in [-0.25, -0.2) is 0 Å². The lowest BCUT2D eigenvalue weighted by atomic mass is 9.95. The van der Waals surface area contributed by atoms with Crippen molar-refractivity contribution in [1.82, 2.24) is 9.88 Å². The van der Waals surface area contributed by atoms with Crippen LogP contribution in [0, 0.1) is 0 Å². The average Bonchev–Trinajstić information content (AvgIpc) is 2.30. The lowest BCUT2D eigenvalue weighted by Gasteiger charge is -2.32. The quantitative estimate of drug-likeness (QED) is 0.598. The number of thiol groups is 1. The van der Waals surface area contributed by atoms with E-state index in [9.17, 15) is 0 Å². The van der Waals surface area contributed by atoms with Gasteiger partial charge in [-0.1, -0.05) is 18.3 Å². The van der Waals surface area contributed by atoms with E-state index in [0.29, 0.717) is 10.2 Å². The molecule has 2 nitrogen and oxygen atoms in total. The van der Waals surface area contributed by atoms with Crippen LogP contribution in [0.3, 0.4) is 0 Å². The van der Waals surface area contributed by atoms with Crippen LogP contribution in [0.4, 0.5) is 0 Å². The third-order valence-electron chi connectivity index (χ3n) is 2.80. The summed E-state index contributed by atoms with van der Waals surface area (Å²) in [7, 11) is 0. The van der Waals surface area contributed by atoms with Gasteiger partial charge in [0, 0.05) is 30.9 Å². The Labute approximate surface area is 101 Å². The van der Waals surface area contributed by atoms with Crippen molar-refractivity contribution in [2.75, 3.05) is 13.1 Å². The molecule has 1 atom stereocenters. The van der Waals surface area contributed by atoms with Crippen molar-refractivity contribution in [3.05, 3.63) is 30.1 Å². The molecule has 0 aliphatic carbocycles. The Balaban J connectivity index is 2.08. The highest BCUT2D eigenvalue weighted by molar-refractivity contribution is 8.10. The molecule has 1 fully saturated rings. The number of hydrogen-bond donors (Lipinski definition) is 1. The Bertz CT molecular complexity index is 340. The lowest BCUT2D eigenvalue weighted by Crippen LogP contribution is -2.36. The molecular weight excluding hydrogens is 224 g/mol. The number of hydrogen-bond acceptors (Lipinski definition) is 2. The van der Waals surface area contributed by atoms with Gasteiger partial charge in [0.2, 0.25) is 0 Å². The third kappa shape index (κ3) is 2.69. The number of piperidine rings is 1. The first-order valence-corrected chi connectivity index (χ1v) is 6.01. The SMILES string of the molecule is S=C(S)N1CCCC(c2ccccn2)C1. The summed E-state index contributed by atoms with van der Waals surface area (Å²) in [6.45, 7) is 1.99. The summed E-state index contributed by atoms with van der Waals surface area (Å²) in [6, 6.07) is 6.09. The van der Waals surface area contributed by atoms with Gasteiger partial charge in [0.1, 0.15) is 4.32 Å². The third-order valence-corrected chi connectivity index (χ3v) is 3.34. The molecular formula is C11H14N2S2. The Morgan fingerprint density at radius 3 is 3.07 bits per heavy atom. The zero-order valence-corrected chi connectivity index (χ0v) is 10.2. The van der Waals surface area contributed by atoms with Gasteiger partial charge in [0.25, 0.3) is 0 Å². The molecule has 0 saturated carbocycles. The smallest absolute Gasteiger partial charge is 0.133 e. The van der Waals surface area contributed by atoms with E-state index in [-0.39, 0.29) is 0 Å². The summed E-state index contributed by atoms with van der Waals surface area (Å²) in [5, 5.41) is 0. The predicted octanol–water partition coefficient (Wildman–Crippen LogP) is 2.48. The monoisotopic (exact) mass is 238 g/mol. The molecule has 1 aliphatic heterocycles. The highest BCUT2D eigenvalue weighted by atomic mass is 32.1. The molecule has 1 aromatic rings. The Morgan fingerprint density at radius 2 is 2.40 bits per heavy atom. The molecule has 0 amide bonds. The molecule has 0 bridgehead atoms. The van der Waals surface area contributed by atoms with E-state index < -0.39 is 0 Å². The van der Waals surface area contributed by atoms with Crippen LogP contribution in [-0.2, 0) is 0 Å². The normalized spacial score (nSPS) is 21.4. The molecule has 0 spiro atoms. The van der Waals surface area contributed by atoms with Gasteiger partial charge in [0.15, 0.2) is 0 Å². The van der Waals surface area contributed by atoms with Gasteiger partial charge in [-0.05, 0) is 25.0 Å². The van der Waals surface area contributed by atoms with E-state index in [4.69, 9.17) is 12.2 Å². The zero-order chi connectivity index (χ0) is 10.7. The number of rotatable bonds is 1. The molecule has 0 aromatic carbocycles. The van der Waals surface area contributed by atoms with E-state index >= 15 is 0 Å². The van der Waals surface area contributed by atoms with Crippen molar-refractivity contribution in [3.63, 3.8) is 0 Å². The zero-order valence-electron chi connectivity index (χ0n) is 8.47. The van der Waals surface area contributed by atoms with Crippen LogP contribution in [0.1, 0.15) is 24.5 Å². The number of nitrogens with zero attached hydrogens (tertiary/aromatic N) is 2.